The number of aromatic nitrogens is 3. The van der Waals surface area contributed by atoms with Crippen molar-refractivity contribution in [3.63, 3.8) is 0 Å². The molecule has 0 aromatic carbocycles. The van der Waals surface area contributed by atoms with Gasteiger partial charge in [-0.15, -0.1) is 44.2 Å². The Kier molecular flexibility index (Phi) is 5.49. The van der Waals surface area contributed by atoms with Gasteiger partial charge in [0, 0.05) is 0 Å². The summed E-state index contributed by atoms with van der Waals surface area (Å²) in [7, 11) is 0. The van der Waals surface area contributed by atoms with Gasteiger partial charge in [0.1, 0.15) is 11.4 Å². The van der Waals surface area contributed by atoms with Crippen molar-refractivity contribution >= 4 is 51.6 Å². The van der Waals surface area contributed by atoms with Crippen molar-refractivity contribution in [3.8, 4) is 21.1 Å². The smallest absolute Gasteiger partial charge is 0.210 e. The number of thioether (sulfide) groups is 1. The first-order valence-corrected chi connectivity index (χ1v) is 11.8. The molecule has 0 saturated heterocycles. The first kappa shape index (κ1) is 18.5. The molecule has 0 fully saturated rings. The van der Waals surface area contributed by atoms with Gasteiger partial charge < -0.3 is 0 Å². The number of ketones is 1. The Morgan fingerprint density at radius 3 is 2.22 bits per heavy atom. The summed E-state index contributed by atoms with van der Waals surface area (Å²) in [5.41, 5.74) is 3.98. The van der Waals surface area contributed by atoms with Crippen LogP contribution < -0.4 is 0 Å². The molecule has 4 nitrogen and oxygen atoms in total. The molecule has 4 aromatic heterocycles. The summed E-state index contributed by atoms with van der Waals surface area (Å²) in [5.74, 6) is 0.397. The first-order chi connectivity index (χ1) is 13.1. The zero-order valence-electron chi connectivity index (χ0n) is 14.6. The molecule has 0 atom stereocenters. The van der Waals surface area contributed by atoms with Crippen LogP contribution in [0.2, 0.25) is 0 Å². The topological polar surface area (TPSA) is 55.7 Å². The molecule has 0 aliphatic carbocycles. The predicted molar refractivity (Wildman–Crippen MR) is 115 cm³/mol. The second-order valence-corrected chi connectivity index (χ2v) is 9.57. The molecule has 136 valence electrons. The normalized spacial score (nSPS) is 11.0. The lowest BCUT2D eigenvalue weighted by Gasteiger charge is -2.08. The molecule has 0 bridgehead atoms. The van der Waals surface area contributed by atoms with Crippen molar-refractivity contribution in [2.45, 2.75) is 19.0 Å². The van der Waals surface area contributed by atoms with Gasteiger partial charge in [-0.05, 0) is 59.3 Å². The maximum Gasteiger partial charge on any atom is 0.210 e. The number of aryl methyl sites for hydroxylation is 2. The second-order valence-electron chi connectivity index (χ2n) is 5.85. The van der Waals surface area contributed by atoms with Crippen molar-refractivity contribution in [2.75, 3.05) is 5.75 Å². The first-order valence-electron chi connectivity index (χ1n) is 8.16. The van der Waals surface area contributed by atoms with Crippen LogP contribution in [-0.4, -0.2) is 26.7 Å². The molecule has 27 heavy (non-hydrogen) atoms. The highest BCUT2D eigenvalue weighted by Gasteiger charge is 2.19. The maximum absolute atomic E-state index is 12.3. The number of rotatable bonds is 6. The fourth-order valence-corrected chi connectivity index (χ4v) is 5.81. The highest BCUT2D eigenvalue weighted by molar-refractivity contribution is 7.99. The van der Waals surface area contributed by atoms with Crippen molar-refractivity contribution in [3.05, 3.63) is 56.4 Å². The highest BCUT2D eigenvalue weighted by atomic mass is 32.2. The SMILES string of the molecule is Cc1ccsc1-c1nnc(SCC(=O)c2cccs2)nc1-c1sccc1C. The lowest BCUT2D eigenvalue weighted by molar-refractivity contribution is 0.102. The number of hydrogen-bond acceptors (Lipinski definition) is 8. The molecule has 0 aliphatic rings. The van der Waals surface area contributed by atoms with E-state index >= 15 is 0 Å². The predicted octanol–water partition coefficient (Wildman–Crippen LogP) is 5.98. The van der Waals surface area contributed by atoms with Gasteiger partial charge in [0.05, 0.1) is 20.4 Å². The lowest BCUT2D eigenvalue weighted by Crippen LogP contribution is -2.03. The van der Waals surface area contributed by atoms with E-state index in [4.69, 9.17) is 4.98 Å². The van der Waals surface area contributed by atoms with Gasteiger partial charge in [-0.2, -0.15) is 0 Å². The molecule has 0 radical (unpaired) electrons. The number of nitrogens with zero attached hydrogens (tertiary/aromatic N) is 3. The van der Waals surface area contributed by atoms with E-state index in [-0.39, 0.29) is 5.78 Å². The number of thiophene rings is 3. The van der Waals surface area contributed by atoms with Crippen LogP contribution in [0.4, 0.5) is 0 Å². The quantitative estimate of drug-likeness (QED) is 0.279. The third kappa shape index (κ3) is 3.89. The minimum absolute atomic E-state index is 0.0885. The van der Waals surface area contributed by atoms with E-state index < -0.39 is 0 Å². The van der Waals surface area contributed by atoms with Crippen molar-refractivity contribution in [1.82, 2.24) is 15.2 Å². The Morgan fingerprint density at radius 1 is 0.926 bits per heavy atom. The van der Waals surface area contributed by atoms with E-state index in [0.29, 0.717) is 10.9 Å². The molecule has 0 spiro atoms. The van der Waals surface area contributed by atoms with E-state index in [9.17, 15) is 4.79 Å². The summed E-state index contributed by atoms with van der Waals surface area (Å²) in [5, 5.41) is 15.3. The molecule has 0 saturated carbocycles. The van der Waals surface area contributed by atoms with Crippen molar-refractivity contribution in [1.29, 1.82) is 0 Å². The third-order valence-electron chi connectivity index (χ3n) is 3.95. The van der Waals surface area contributed by atoms with Crippen molar-refractivity contribution < 1.29 is 4.79 Å². The Morgan fingerprint density at radius 2 is 1.63 bits per heavy atom. The molecule has 8 heteroatoms. The van der Waals surface area contributed by atoms with Gasteiger partial charge in [-0.1, -0.05) is 17.8 Å². The minimum atomic E-state index is 0.0885. The van der Waals surface area contributed by atoms with Crippen LogP contribution in [0, 0.1) is 13.8 Å². The van der Waals surface area contributed by atoms with E-state index in [1.807, 2.05) is 17.5 Å². The second kappa shape index (κ2) is 8.02. The summed E-state index contributed by atoms with van der Waals surface area (Å²) in [6, 6.07) is 7.89. The Hall–Kier alpha value is -1.87. The van der Waals surface area contributed by atoms with E-state index in [1.165, 1.54) is 34.2 Å². The van der Waals surface area contributed by atoms with Crippen LogP contribution in [0.15, 0.2) is 45.6 Å². The molecule has 0 aliphatic heterocycles. The van der Waals surface area contributed by atoms with Gasteiger partial charge >= 0.3 is 0 Å². The molecule has 4 rings (SSSR count). The minimum Gasteiger partial charge on any atom is -0.292 e. The molecule has 0 N–H and O–H groups in total. The fraction of sp³-hybridized carbons (Fsp3) is 0.158. The molecule has 4 heterocycles. The number of carbonyl (C=O) groups is 1. The van der Waals surface area contributed by atoms with Gasteiger partial charge in [0.25, 0.3) is 0 Å². The number of hydrogen-bond donors (Lipinski definition) is 0. The monoisotopic (exact) mass is 429 g/mol. The molecular formula is C19H15N3OS4. The average Bonchev–Trinajstić information content (AvgIpc) is 3.41. The van der Waals surface area contributed by atoms with Crippen LogP contribution in [0.5, 0.6) is 0 Å². The van der Waals surface area contributed by atoms with Gasteiger partial charge in [-0.25, -0.2) is 4.98 Å². The Labute approximate surface area is 173 Å². The van der Waals surface area contributed by atoms with Crippen LogP contribution in [0.3, 0.4) is 0 Å². The number of carbonyl (C=O) groups excluding carboxylic acids is 1. The summed E-state index contributed by atoms with van der Waals surface area (Å²) in [6.07, 6.45) is 0. The van der Waals surface area contributed by atoms with Gasteiger partial charge in [0.15, 0.2) is 5.78 Å². The molecule has 4 aromatic rings. The highest BCUT2D eigenvalue weighted by Crippen LogP contribution is 2.38. The Bertz CT molecular complexity index is 1080. The maximum atomic E-state index is 12.3. The zero-order chi connectivity index (χ0) is 18.8. The van der Waals surface area contributed by atoms with Gasteiger partial charge in [0.2, 0.25) is 5.16 Å². The lowest BCUT2D eigenvalue weighted by atomic mass is 10.1. The summed E-state index contributed by atoms with van der Waals surface area (Å²) in [4.78, 5) is 20.0. The molecular weight excluding hydrogens is 414 g/mol. The summed E-state index contributed by atoms with van der Waals surface area (Å²) >= 11 is 6.09. The fourth-order valence-electron chi connectivity index (χ4n) is 2.55. The largest absolute Gasteiger partial charge is 0.292 e. The number of Topliss-reactive ketones (excluding diaryl/α,β-unsaturated/α-hetero) is 1. The van der Waals surface area contributed by atoms with Gasteiger partial charge in [-0.3, -0.25) is 4.79 Å². The van der Waals surface area contributed by atoms with Crippen LogP contribution >= 0.6 is 45.8 Å². The van der Waals surface area contributed by atoms with Crippen LogP contribution in [-0.2, 0) is 0 Å². The summed E-state index contributed by atoms with van der Waals surface area (Å²) < 4.78 is 0. The standard InChI is InChI=1S/C19H15N3OS4/c1-11-5-8-25-17(11)15-16(18-12(2)6-9-26-18)21-22-19(20-15)27-10-13(23)14-4-3-7-24-14/h3-9H,10H2,1-2H3. The third-order valence-corrected chi connectivity index (χ3v) is 7.74. The van der Waals surface area contributed by atoms with E-state index in [1.54, 1.807) is 22.7 Å². The van der Waals surface area contributed by atoms with Crippen LogP contribution in [0.25, 0.3) is 21.1 Å². The van der Waals surface area contributed by atoms with E-state index in [2.05, 4.69) is 46.9 Å². The van der Waals surface area contributed by atoms with Crippen molar-refractivity contribution in [2.24, 2.45) is 0 Å². The average molecular weight is 430 g/mol. The molecule has 0 unspecified atom stereocenters. The molecule has 0 amide bonds. The zero-order valence-corrected chi connectivity index (χ0v) is 17.9. The van der Waals surface area contributed by atoms with Crippen LogP contribution in [0.1, 0.15) is 20.8 Å². The van der Waals surface area contributed by atoms with E-state index in [0.717, 1.165) is 26.0 Å². The summed E-state index contributed by atoms with van der Waals surface area (Å²) in [6.45, 7) is 4.15. The Balaban J connectivity index is 1.68.